The van der Waals surface area contributed by atoms with E-state index < -0.39 is 0 Å². The maximum atomic E-state index is 12.2. The first kappa shape index (κ1) is 13.9. The number of unbranched alkanes of at least 4 members (excludes halogenated alkanes) is 2. The van der Waals surface area contributed by atoms with Gasteiger partial charge in [-0.3, -0.25) is 4.79 Å². The van der Waals surface area contributed by atoms with Crippen LogP contribution in [0, 0.1) is 6.92 Å². The molecule has 18 heavy (non-hydrogen) atoms. The van der Waals surface area contributed by atoms with Gasteiger partial charge in [0, 0.05) is 28.5 Å². The summed E-state index contributed by atoms with van der Waals surface area (Å²) < 4.78 is 0. The normalized spacial score (nSPS) is 19.4. The van der Waals surface area contributed by atoms with Gasteiger partial charge in [-0.1, -0.05) is 19.8 Å². The fourth-order valence-corrected chi connectivity index (χ4v) is 4.61. The number of rotatable bonds is 5. The molecule has 100 valence electrons. The standard InChI is InChI=1S/C14H21NOS2/c1-3-4-5-6-13(16)15-9-10-17-14(15)12-8-7-11(2)18-12/h7-8,14H,3-6,9-10H2,1-2H3. The van der Waals surface area contributed by atoms with Crippen molar-refractivity contribution >= 4 is 29.0 Å². The molecule has 2 rings (SSSR count). The molecule has 4 heteroatoms. The highest BCUT2D eigenvalue weighted by Crippen LogP contribution is 2.41. The molecule has 1 aromatic rings. The summed E-state index contributed by atoms with van der Waals surface area (Å²) in [7, 11) is 0. The van der Waals surface area contributed by atoms with E-state index in [0.717, 1.165) is 31.6 Å². The minimum atomic E-state index is 0.276. The van der Waals surface area contributed by atoms with E-state index >= 15 is 0 Å². The maximum absolute atomic E-state index is 12.2. The van der Waals surface area contributed by atoms with Crippen molar-refractivity contribution in [2.24, 2.45) is 0 Å². The lowest BCUT2D eigenvalue weighted by Gasteiger charge is -2.23. The molecule has 0 bridgehead atoms. The second kappa shape index (κ2) is 6.62. The Kier molecular flexibility index (Phi) is 5.13. The summed E-state index contributed by atoms with van der Waals surface area (Å²) in [6.45, 7) is 5.21. The Balaban J connectivity index is 1.97. The van der Waals surface area contributed by atoms with E-state index in [1.165, 1.54) is 16.2 Å². The molecule has 0 spiro atoms. The van der Waals surface area contributed by atoms with Crippen molar-refractivity contribution in [2.45, 2.75) is 44.9 Å². The van der Waals surface area contributed by atoms with Crippen LogP contribution in [0.2, 0.25) is 0 Å². The number of thiophene rings is 1. The van der Waals surface area contributed by atoms with Gasteiger partial charge in [-0.15, -0.1) is 23.1 Å². The first-order valence-corrected chi connectivity index (χ1v) is 8.56. The summed E-state index contributed by atoms with van der Waals surface area (Å²) >= 11 is 3.72. The Hall–Kier alpha value is -0.480. The van der Waals surface area contributed by atoms with Gasteiger partial charge >= 0.3 is 0 Å². The third-order valence-corrected chi connectivity index (χ3v) is 5.65. The van der Waals surface area contributed by atoms with Gasteiger partial charge in [0.25, 0.3) is 0 Å². The summed E-state index contributed by atoms with van der Waals surface area (Å²) in [5.41, 5.74) is 0. The van der Waals surface area contributed by atoms with Crippen LogP contribution in [0.1, 0.15) is 47.7 Å². The monoisotopic (exact) mass is 283 g/mol. The van der Waals surface area contributed by atoms with Crippen LogP contribution in [-0.4, -0.2) is 23.1 Å². The van der Waals surface area contributed by atoms with Crippen LogP contribution in [0.25, 0.3) is 0 Å². The summed E-state index contributed by atoms with van der Waals surface area (Å²) in [5.74, 6) is 1.41. The fraction of sp³-hybridized carbons (Fsp3) is 0.643. The summed E-state index contributed by atoms with van der Waals surface area (Å²) in [4.78, 5) is 17.0. The van der Waals surface area contributed by atoms with E-state index in [0.29, 0.717) is 5.91 Å². The number of amides is 1. The van der Waals surface area contributed by atoms with Crippen molar-refractivity contribution < 1.29 is 4.79 Å². The summed E-state index contributed by atoms with van der Waals surface area (Å²) in [6.07, 6.45) is 4.09. The SMILES string of the molecule is CCCCCC(=O)N1CCSC1c1ccc(C)s1. The first-order valence-electron chi connectivity index (χ1n) is 6.69. The number of carbonyl (C=O) groups excluding carboxylic acids is 1. The van der Waals surface area contributed by atoms with Crippen LogP contribution >= 0.6 is 23.1 Å². The average Bonchev–Trinajstić information content (AvgIpc) is 2.97. The van der Waals surface area contributed by atoms with Gasteiger partial charge < -0.3 is 4.90 Å². The molecule has 0 radical (unpaired) electrons. The highest BCUT2D eigenvalue weighted by atomic mass is 32.2. The van der Waals surface area contributed by atoms with Gasteiger partial charge in [0.05, 0.1) is 0 Å². The van der Waals surface area contributed by atoms with Crippen LogP contribution in [0.5, 0.6) is 0 Å². The molecular formula is C14H21NOS2. The molecule has 1 unspecified atom stereocenters. The lowest BCUT2D eigenvalue weighted by Crippen LogP contribution is -2.29. The Morgan fingerprint density at radius 1 is 1.44 bits per heavy atom. The molecule has 1 atom stereocenters. The van der Waals surface area contributed by atoms with Gasteiger partial charge in [0.15, 0.2) is 0 Å². The predicted molar refractivity (Wildman–Crippen MR) is 80.1 cm³/mol. The minimum Gasteiger partial charge on any atom is -0.325 e. The Morgan fingerprint density at radius 3 is 2.94 bits per heavy atom. The van der Waals surface area contributed by atoms with Gasteiger partial charge in [0.2, 0.25) is 5.91 Å². The molecule has 1 saturated heterocycles. The molecule has 1 aliphatic rings. The molecular weight excluding hydrogens is 262 g/mol. The predicted octanol–water partition coefficient (Wildman–Crippen LogP) is 4.21. The Labute approximate surface area is 118 Å². The van der Waals surface area contributed by atoms with Crippen LogP contribution in [-0.2, 0) is 4.79 Å². The van der Waals surface area contributed by atoms with Crippen molar-refractivity contribution in [1.82, 2.24) is 4.90 Å². The van der Waals surface area contributed by atoms with E-state index in [2.05, 4.69) is 30.9 Å². The van der Waals surface area contributed by atoms with E-state index in [-0.39, 0.29) is 5.37 Å². The molecule has 0 saturated carbocycles. The van der Waals surface area contributed by atoms with Crippen LogP contribution in [0.4, 0.5) is 0 Å². The lowest BCUT2D eigenvalue weighted by molar-refractivity contribution is -0.131. The third kappa shape index (κ3) is 3.29. The van der Waals surface area contributed by atoms with Gasteiger partial charge in [0.1, 0.15) is 5.37 Å². The maximum Gasteiger partial charge on any atom is 0.223 e. The Morgan fingerprint density at radius 2 is 2.28 bits per heavy atom. The average molecular weight is 283 g/mol. The summed E-state index contributed by atoms with van der Waals surface area (Å²) in [6, 6.07) is 4.33. The van der Waals surface area contributed by atoms with Crippen molar-refractivity contribution in [3.63, 3.8) is 0 Å². The van der Waals surface area contributed by atoms with E-state index in [4.69, 9.17) is 0 Å². The number of thioether (sulfide) groups is 1. The molecule has 0 N–H and O–H groups in total. The third-order valence-electron chi connectivity index (χ3n) is 3.21. The minimum absolute atomic E-state index is 0.276. The zero-order valence-electron chi connectivity index (χ0n) is 11.1. The number of hydrogen-bond donors (Lipinski definition) is 0. The van der Waals surface area contributed by atoms with Crippen LogP contribution < -0.4 is 0 Å². The largest absolute Gasteiger partial charge is 0.325 e. The Bertz CT molecular complexity index is 402. The molecule has 1 amide bonds. The lowest BCUT2D eigenvalue weighted by atomic mass is 10.2. The quantitative estimate of drug-likeness (QED) is 0.754. The van der Waals surface area contributed by atoms with Gasteiger partial charge in [-0.05, 0) is 25.5 Å². The fourth-order valence-electron chi connectivity index (χ4n) is 2.22. The molecule has 0 aromatic carbocycles. The second-order valence-electron chi connectivity index (χ2n) is 4.72. The van der Waals surface area contributed by atoms with Crippen molar-refractivity contribution in [2.75, 3.05) is 12.3 Å². The number of hydrogen-bond acceptors (Lipinski definition) is 3. The smallest absolute Gasteiger partial charge is 0.223 e. The topological polar surface area (TPSA) is 20.3 Å². The highest BCUT2D eigenvalue weighted by molar-refractivity contribution is 7.99. The van der Waals surface area contributed by atoms with E-state index in [9.17, 15) is 4.79 Å². The zero-order valence-corrected chi connectivity index (χ0v) is 12.8. The highest BCUT2D eigenvalue weighted by Gasteiger charge is 2.30. The van der Waals surface area contributed by atoms with Crippen LogP contribution in [0.15, 0.2) is 12.1 Å². The first-order chi connectivity index (χ1) is 8.72. The molecule has 2 heterocycles. The molecule has 1 aromatic heterocycles. The van der Waals surface area contributed by atoms with Gasteiger partial charge in [-0.2, -0.15) is 0 Å². The second-order valence-corrected chi connectivity index (χ2v) is 7.22. The molecule has 1 fully saturated rings. The number of nitrogens with zero attached hydrogens (tertiary/aromatic N) is 1. The van der Waals surface area contributed by atoms with Gasteiger partial charge in [-0.25, -0.2) is 0 Å². The molecule has 1 aliphatic heterocycles. The van der Waals surface area contributed by atoms with E-state index in [1.807, 2.05) is 23.1 Å². The molecule has 0 aliphatic carbocycles. The van der Waals surface area contributed by atoms with Crippen molar-refractivity contribution in [3.8, 4) is 0 Å². The van der Waals surface area contributed by atoms with E-state index in [1.54, 1.807) is 0 Å². The van der Waals surface area contributed by atoms with Crippen LogP contribution in [0.3, 0.4) is 0 Å². The summed E-state index contributed by atoms with van der Waals surface area (Å²) in [5, 5.41) is 0.276. The van der Waals surface area contributed by atoms with Crippen molar-refractivity contribution in [1.29, 1.82) is 0 Å². The molecule has 2 nitrogen and oxygen atoms in total. The zero-order chi connectivity index (χ0) is 13.0. The van der Waals surface area contributed by atoms with Crippen molar-refractivity contribution in [3.05, 3.63) is 21.9 Å². The number of carbonyl (C=O) groups is 1. The number of aryl methyl sites for hydroxylation is 1.